The third kappa shape index (κ3) is 4.23. The van der Waals surface area contributed by atoms with Gasteiger partial charge >= 0.3 is 0 Å². The summed E-state index contributed by atoms with van der Waals surface area (Å²) < 4.78 is 10.9. The van der Waals surface area contributed by atoms with Gasteiger partial charge in [0.2, 0.25) is 5.88 Å². The van der Waals surface area contributed by atoms with E-state index in [0.717, 1.165) is 17.0 Å². The Morgan fingerprint density at radius 3 is 2.62 bits per heavy atom. The number of ether oxygens (including phenoxy) is 2. The average molecular weight is 308 g/mol. The van der Waals surface area contributed by atoms with E-state index in [2.05, 4.69) is 15.3 Å². The zero-order chi connectivity index (χ0) is 15.1. The molecule has 0 aliphatic rings. The smallest absolute Gasteiger partial charge is 0.218 e. The highest BCUT2D eigenvalue weighted by Crippen LogP contribution is 2.26. The maximum Gasteiger partial charge on any atom is 0.218 e. The molecule has 0 saturated heterocycles. The van der Waals surface area contributed by atoms with Gasteiger partial charge in [0.1, 0.15) is 17.9 Å². The first-order valence-electron chi connectivity index (χ1n) is 6.80. The molecule has 5 nitrogen and oxygen atoms in total. The van der Waals surface area contributed by atoms with Crippen LogP contribution in [0, 0.1) is 0 Å². The van der Waals surface area contributed by atoms with Crippen molar-refractivity contribution in [3.05, 3.63) is 36.2 Å². The molecular weight excluding hydrogens is 290 g/mol. The van der Waals surface area contributed by atoms with Crippen molar-refractivity contribution in [1.82, 2.24) is 9.97 Å². The summed E-state index contributed by atoms with van der Waals surface area (Å²) in [6.07, 6.45) is 1.46. The Labute approximate surface area is 129 Å². The molecule has 0 aliphatic heterocycles. The second-order valence-electron chi connectivity index (χ2n) is 4.19. The summed E-state index contributed by atoms with van der Waals surface area (Å²) in [6.45, 7) is 5.03. The van der Waals surface area contributed by atoms with Gasteiger partial charge in [0.05, 0.1) is 19.1 Å². The van der Waals surface area contributed by atoms with E-state index in [1.165, 1.54) is 6.33 Å². The number of nitrogens with zero attached hydrogens (tertiary/aromatic N) is 2. The molecule has 0 saturated carbocycles. The van der Waals surface area contributed by atoms with Crippen molar-refractivity contribution in [2.24, 2.45) is 0 Å². The lowest BCUT2D eigenvalue weighted by Crippen LogP contribution is -2.00. The van der Waals surface area contributed by atoms with Crippen molar-refractivity contribution in [3.63, 3.8) is 0 Å². The van der Waals surface area contributed by atoms with Gasteiger partial charge in [-0.1, -0.05) is 0 Å². The van der Waals surface area contributed by atoms with Gasteiger partial charge in [-0.25, -0.2) is 9.97 Å². The van der Waals surface area contributed by atoms with E-state index in [-0.39, 0.29) is 0 Å². The molecule has 6 heteroatoms. The lowest BCUT2D eigenvalue weighted by atomic mass is 10.2. The lowest BCUT2D eigenvalue weighted by molar-refractivity contribution is 0.326. The molecule has 1 aromatic heterocycles. The first-order valence-corrected chi connectivity index (χ1v) is 7.33. The lowest BCUT2D eigenvalue weighted by Gasteiger charge is -2.12. The first-order chi connectivity index (χ1) is 10.3. The standard InChI is InChI=1S/C15H18ClN3O2/c1-3-20-13-6-5-12(7-11(13)9-16)19-14-8-15(21-4-2)18-10-17-14/h5-8,10H,3-4,9H2,1-2H3,(H,17,18,19). The topological polar surface area (TPSA) is 56.3 Å². The van der Waals surface area contributed by atoms with Gasteiger partial charge in [-0.15, -0.1) is 11.6 Å². The number of rotatable bonds is 7. The number of halogens is 1. The predicted molar refractivity (Wildman–Crippen MR) is 83.7 cm³/mol. The van der Waals surface area contributed by atoms with Crippen LogP contribution in [0.4, 0.5) is 11.5 Å². The van der Waals surface area contributed by atoms with Crippen LogP contribution in [0.1, 0.15) is 19.4 Å². The maximum absolute atomic E-state index is 5.96. The van der Waals surface area contributed by atoms with E-state index in [0.29, 0.717) is 30.8 Å². The van der Waals surface area contributed by atoms with Crippen LogP contribution in [0.5, 0.6) is 11.6 Å². The Kier molecular flexibility index (Phi) is 5.63. The summed E-state index contributed by atoms with van der Waals surface area (Å²) in [4.78, 5) is 8.19. The van der Waals surface area contributed by atoms with Gasteiger partial charge in [-0.05, 0) is 32.0 Å². The summed E-state index contributed by atoms with van der Waals surface area (Å²) >= 11 is 5.96. The van der Waals surface area contributed by atoms with Crippen LogP contribution in [0.25, 0.3) is 0 Å². The Morgan fingerprint density at radius 2 is 1.90 bits per heavy atom. The molecule has 21 heavy (non-hydrogen) atoms. The third-order valence-corrected chi connectivity index (χ3v) is 3.00. The van der Waals surface area contributed by atoms with Gasteiger partial charge in [-0.3, -0.25) is 0 Å². The highest BCUT2D eigenvalue weighted by molar-refractivity contribution is 6.17. The van der Waals surface area contributed by atoms with Crippen molar-refractivity contribution in [1.29, 1.82) is 0 Å². The van der Waals surface area contributed by atoms with E-state index >= 15 is 0 Å². The van der Waals surface area contributed by atoms with Gasteiger partial charge in [0, 0.05) is 17.3 Å². The molecule has 112 valence electrons. The number of alkyl halides is 1. The molecule has 1 aromatic carbocycles. The molecular formula is C15H18ClN3O2. The van der Waals surface area contributed by atoms with Crippen molar-refractivity contribution in [2.45, 2.75) is 19.7 Å². The molecule has 0 aliphatic carbocycles. The summed E-state index contributed by atoms with van der Waals surface area (Å²) in [5.41, 5.74) is 1.82. The van der Waals surface area contributed by atoms with Crippen molar-refractivity contribution >= 4 is 23.1 Å². The fourth-order valence-corrected chi connectivity index (χ4v) is 2.05. The van der Waals surface area contributed by atoms with Gasteiger partial charge in [0.25, 0.3) is 0 Å². The Bertz CT molecular complexity index is 593. The van der Waals surface area contributed by atoms with E-state index in [1.54, 1.807) is 6.07 Å². The first kappa shape index (κ1) is 15.4. The number of hydrogen-bond donors (Lipinski definition) is 1. The number of anilines is 2. The molecule has 1 heterocycles. The summed E-state index contributed by atoms with van der Waals surface area (Å²) in [6, 6.07) is 7.51. The highest BCUT2D eigenvalue weighted by Gasteiger charge is 2.05. The predicted octanol–water partition coefficient (Wildman–Crippen LogP) is 3.76. The molecule has 1 N–H and O–H groups in total. The average Bonchev–Trinajstić information content (AvgIpc) is 2.50. The van der Waals surface area contributed by atoms with Crippen molar-refractivity contribution in [3.8, 4) is 11.6 Å². The molecule has 0 spiro atoms. The number of benzene rings is 1. The molecule has 0 radical (unpaired) electrons. The molecule has 0 unspecified atom stereocenters. The zero-order valence-corrected chi connectivity index (χ0v) is 12.9. The molecule has 0 amide bonds. The van der Waals surface area contributed by atoms with Crippen LogP contribution in [0.3, 0.4) is 0 Å². The van der Waals surface area contributed by atoms with E-state index < -0.39 is 0 Å². The molecule has 2 rings (SSSR count). The van der Waals surface area contributed by atoms with Crippen LogP contribution >= 0.6 is 11.6 Å². The largest absolute Gasteiger partial charge is 0.494 e. The fourth-order valence-electron chi connectivity index (χ4n) is 1.84. The van der Waals surface area contributed by atoms with Crippen molar-refractivity contribution in [2.75, 3.05) is 18.5 Å². The second-order valence-corrected chi connectivity index (χ2v) is 4.46. The zero-order valence-electron chi connectivity index (χ0n) is 12.1. The third-order valence-electron chi connectivity index (χ3n) is 2.71. The van der Waals surface area contributed by atoms with Crippen molar-refractivity contribution < 1.29 is 9.47 Å². The quantitative estimate of drug-likeness (QED) is 0.789. The van der Waals surface area contributed by atoms with Gasteiger partial charge < -0.3 is 14.8 Å². The number of hydrogen-bond acceptors (Lipinski definition) is 5. The van der Waals surface area contributed by atoms with E-state index in [4.69, 9.17) is 21.1 Å². The fraction of sp³-hybridized carbons (Fsp3) is 0.333. The normalized spacial score (nSPS) is 10.2. The molecule has 0 atom stereocenters. The van der Waals surface area contributed by atoms with E-state index in [9.17, 15) is 0 Å². The maximum atomic E-state index is 5.96. The van der Waals surface area contributed by atoms with Crippen LogP contribution < -0.4 is 14.8 Å². The Morgan fingerprint density at radius 1 is 1.10 bits per heavy atom. The van der Waals surface area contributed by atoms with E-state index in [1.807, 2.05) is 32.0 Å². The van der Waals surface area contributed by atoms with Crippen LogP contribution in [-0.4, -0.2) is 23.2 Å². The minimum Gasteiger partial charge on any atom is -0.494 e. The summed E-state index contributed by atoms with van der Waals surface area (Å²) in [5, 5.41) is 3.20. The van der Waals surface area contributed by atoms with Gasteiger partial charge in [0.15, 0.2) is 0 Å². The summed E-state index contributed by atoms with van der Waals surface area (Å²) in [5.74, 6) is 2.39. The number of nitrogens with one attached hydrogen (secondary N) is 1. The minimum absolute atomic E-state index is 0.388. The van der Waals surface area contributed by atoms with Crippen LogP contribution in [0.2, 0.25) is 0 Å². The monoisotopic (exact) mass is 307 g/mol. The minimum atomic E-state index is 0.388. The van der Waals surface area contributed by atoms with Gasteiger partial charge in [-0.2, -0.15) is 0 Å². The second kappa shape index (κ2) is 7.69. The summed E-state index contributed by atoms with van der Waals surface area (Å²) in [7, 11) is 0. The van der Waals surface area contributed by atoms with Crippen LogP contribution in [-0.2, 0) is 5.88 Å². The Balaban J connectivity index is 2.17. The molecule has 0 bridgehead atoms. The highest BCUT2D eigenvalue weighted by atomic mass is 35.5. The molecule has 2 aromatic rings. The van der Waals surface area contributed by atoms with Crippen LogP contribution in [0.15, 0.2) is 30.6 Å². The number of aromatic nitrogens is 2. The Hall–Kier alpha value is -2.01. The SMILES string of the molecule is CCOc1cc(Nc2ccc(OCC)c(CCl)c2)ncn1. The molecule has 0 fully saturated rings.